The molecular weight excluding hydrogens is 302 g/mol. The van der Waals surface area contributed by atoms with Crippen LogP contribution in [-0.2, 0) is 0 Å². The molecule has 4 rings (SSSR count). The molecule has 0 atom stereocenters. The van der Waals surface area contributed by atoms with Crippen molar-refractivity contribution in [1.82, 2.24) is 14.5 Å². The number of nitriles is 1. The summed E-state index contributed by atoms with van der Waals surface area (Å²) in [5.41, 5.74) is 2.69. The molecular formula is C18H21N5O. The summed E-state index contributed by atoms with van der Waals surface area (Å²) in [6.45, 7) is 3.46. The quantitative estimate of drug-likeness (QED) is 0.851. The first kappa shape index (κ1) is 15.0. The molecule has 2 aliphatic rings. The third-order valence-electron chi connectivity index (χ3n) is 5.17. The number of carbonyl (C=O) groups is 1. The molecule has 0 unspecified atom stereocenters. The van der Waals surface area contributed by atoms with Crippen LogP contribution in [0.15, 0.2) is 24.5 Å². The highest BCUT2D eigenvalue weighted by Crippen LogP contribution is 2.25. The smallest absolute Gasteiger partial charge is 0.257 e. The Bertz CT molecular complexity index is 791. The van der Waals surface area contributed by atoms with Gasteiger partial charge >= 0.3 is 0 Å². The van der Waals surface area contributed by atoms with Crippen molar-refractivity contribution in [3.63, 3.8) is 0 Å². The molecule has 6 heteroatoms. The number of aromatic nitrogens is 2. The van der Waals surface area contributed by atoms with Gasteiger partial charge in [0.15, 0.2) is 0 Å². The number of hydrogen-bond donors (Lipinski definition) is 0. The lowest BCUT2D eigenvalue weighted by atomic mass is 9.98. The number of carbonyl (C=O) groups excluding carboxylic acids is 1. The van der Waals surface area contributed by atoms with Crippen LogP contribution in [0, 0.1) is 17.2 Å². The molecule has 0 aliphatic carbocycles. The van der Waals surface area contributed by atoms with E-state index in [1.807, 2.05) is 11.1 Å². The summed E-state index contributed by atoms with van der Waals surface area (Å²) in [5.74, 6) is 0.111. The van der Waals surface area contributed by atoms with E-state index in [9.17, 15) is 4.79 Å². The van der Waals surface area contributed by atoms with Crippen molar-refractivity contribution in [2.45, 2.75) is 25.7 Å². The topological polar surface area (TPSA) is 64.6 Å². The zero-order chi connectivity index (χ0) is 16.5. The van der Waals surface area contributed by atoms with Crippen LogP contribution in [0.2, 0.25) is 0 Å². The lowest BCUT2D eigenvalue weighted by molar-refractivity contribution is 0.0709. The fourth-order valence-electron chi connectivity index (χ4n) is 3.69. The van der Waals surface area contributed by atoms with Gasteiger partial charge in [-0.1, -0.05) is 0 Å². The maximum atomic E-state index is 12.9. The van der Waals surface area contributed by atoms with Crippen LogP contribution in [0.3, 0.4) is 0 Å². The molecule has 0 aromatic carbocycles. The first-order chi connectivity index (χ1) is 11.8. The number of rotatable bonds is 2. The fourth-order valence-corrected chi connectivity index (χ4v) is 3.69. The number of pyridine rings is 1. The number of nitrogens with zero attached hydrogens (tertiary/aromatic N) is 5. The van der Waals surface area contributed by atoms with Gasteiger partial charge in [0.2, 0.25) is 0 Å². The Balaban J connectivity index is 1.60. The number of piperidine rings is 1. The fraction of sp³-hybridized carbons (Fsp3) is 0.500. The minimum atomic E-state index is 0.0277. The highest BCUT2D eigenvalue weighted by Gasteiger charge is 2.25. The molecule has 0 N–H and O–H groups in total. The zero-order valence-corrected chi connectivity index (χ0v) is 13.7. The van der Waals surface area contributed by atoms with E-state index in [2.05, 4.69) is 28.2 Å². The molecule has 124 valence electrons. The largest absolute Gasteiger partial charge is 0.371 e. The average molecular weight is 323 g/mol. The van der Waals surface area contributed by atoms with E-state index in [4.69, 9.17) is 5.26 Å². The summed E-state index contributed by atoms with van der Waals surface area (Å²) >= 11 is 0. The molecule has 0 radical (unpaired) electrons. The molecule has 0 spiro atoms. The van der Waals surface area contributed by atoms with E-state index in [0.29, 0.717) is 18.7 Å². The Morgan fingerprint density at radius 1 is 1.21 bits per heavy atom. The first-order valence-corrected chi connectivity index (χ1v) is 8.67. The molecule has 2 aliphatic heterocycles. The van der Waals surface area contributed by atoms with Crippen LogP contribution < -0.4 is 4.90 Å². The molecule has 2 aromatic heterocycles. The van der Waals surface area contributed by atoms with Gasteiger partial charge in [0.1, 0.15) is 0 Å². The van der Waals surface area contributed by atoms with E-state index >= 15 is 0 Å². The van der Waals surface area contributed by atoms with E-state index in [-0.39, 0.29) is 11.8 Å². The van der Waals surface area contributed by atoms with Crippen molar-refractivity contribution >= 4 is 17.1 Å². The molecule has 2 aromatic rings. The lowest BCUT2D eigenvalue weighted by Crippen LogP contribution is -2.38. The summed E-state index contributed by atoms with van der Waals surface area (Å²) in [7, 11) is 0. The van der Waals surface area contributed by atoms with Gasteiger partial charge in [0.05, 0.1) is 23.3 Å². The van der Waals surface area contributed by atoms with Crippen molar-refractivity contribution in [2.24, 2.45) is 5.92 Å². The molecule has 24 heavy (non-hydrogen) atoms. The summed E-state index contributed by atoms with van der Waals surface area (Å²) < 4.78 is 1.77. The van der Waals surface area contributed by atoms with Crippen LogP contribution in [0.5, 0.6) is 0 Å². The van der Waals surface area contributed by atoms with E-state index in [0.717, 1.165) is 37.1 Å². The van der Waals surface area contributed by atoms with Gasteiger partial charge in [-0.15, -0.1) is 0 Å². The molecule has 4 heterocycles. The van der Waals surface area contributed by atoms with Gasteiger partial charge in [-0.2, -0.15) is 10.4 Å². The third-order valence-corrected chi connectivity index (χ3v) is 5.17. The van der Waals surface area contributed by atoms with Crippen molar-refractivity contribution < 1.29 is 4.79 Å². The van der Waals surface area contributed by atoms with Crippen LogP contribution in [-0.4, -0.2) is 46.6 Å². The van der Waals surface area contributed by atoms with Gasteiger partial charge in [0.25, 0.3) is 5.91 Å². The summed E-state index contributed by atoms with van der Waals surface area (Å²) in [6, 6.07) is 6.45. The van der Waals surface area contributed by atoms with Crippen LogP contribution >= 0.6 is 0 Å². The predicted molar refractivity (Wildman–Crippen MR) is 90.9 cm³/mol. The van der Waals surface area contributed by atoms with Crippen molar-refractivity contribution in [3.05, 3.63) is 30.1 Å². The Hall–Kier alpha value is -2.55. The average Bonchev–Trinajstić information content (AvgIpc) is 3.30. The monoisotopic (exact) mass is 323 g/mol. The Morgan fingerprint density at radius 2 is 1.96 bits per heavy atom. The van der Waals surface area contributed by atoms with Crippen molar-refractivity contribution in [1.29, 1.82) is 5.26 Å². The summed E-state index contributed by atoms with van der Waals surface area (Å²) in [6.07, 6.45) is 7.58. The minimum absolute atomic E-state index is 0.0277. The van der Waals surface area contributed by atoms with E-state index in [1.165, 1.54) is 12.8 Å². The van der Waals surface area contributed by atoms with Crippen LogP contribution in [0.4, 0.5) is 5.69 Å². The van der Waals surface area contributed by atoms with Crippen molar-refractivity contribution in [2.75, 3.05) is 31.1 Å². The normalized spacial score (nSPS) is 19.0. The summed E-state index contributed by atoms with van der Waals surface area (Å²) in [4.78, 5) is 17.1. The lowest BCUT2D eigenvalue weighted by Gasteiger charge is -2.29. The molecule has 1 amide bonds. The van der Waals surface area contributed by atoms with Crippen molar-refractivity contribution in [3.8, 4) is 6.07 Å². The molecule has 0 saturated carbocycles. The van der Waals surface area contributed by atoms with Gasteiger partial charge in [-0.3, -0.25) is 4.79 Å². The molecule has 2 fully saturated rings. The van der Waals surface area contributed by atoms with E-state index < -0.39 is 0 Å². The predicted octanol–water partition coefficient (Wildman–Crippen LogP) is 2.31. The number of hydrogen-bond acceptors (Lipinski definition) is 4. The first-order valence-electron chi connectivity index (χ1n) is 8.67. The summed E-state index contributed by atoms with van der Waals surface area (Å²) in [5, 5.41) is 13.3. The maximum Gasteiger partial charge on any atom is 0.257 e. The molecule has 0 bridgehead atoms. The maximum absolute atomic E-state index is 12.9. The van der Waals surface area contributed by atoms with Gasteiger partial charge in [0, 0.05) is 44.0 Å². The third kappa shape index (κ3) is 2.60. The SMILES string of the molecule is N#CC1CCN(C(=O)c2cnn3ccc(N4CCCC4)cc23)CC1. The highest BCUT2D eigenvalue weighted by atomic mass is 16.2. The minimum Gasteiger partial charge on any atom is -0.371 e. The Morgan fingerprint density at radius 3 is 2.67 bits per heavy atom. The number of anilines is 1. The number of likely N-dealkylation sites (tertiary alicyclic amines) is 1. The van der Waals surface area contributed by atoms with Gasteiger partial charge < -0.3 is 9.80 Å². The van der Waals surface area contributed by atoms with Crippen LogP contribution in [0.1, 0.15) is 36.0 Å². The van der Waals surface area contributed by atoms with Crippen LogP contribution in [0.25, 0.3) is 5.52 Å². The van der Waals surface area contributed by atoms with E-state index in [1.54, 1.807) is 10.7 Å². The molecule has 2 saturated heterocycles. The second-order valence-electron chi connectivity index (χ2n) is 6.66. The molecule has 6 nitrogen and oxygen atoms in total. The standard InChI is InChI=1S/C18H21N5O/c19-12-14-3-8-22(9-4-14)18(24)16-13-20-23-10-5-15(11-17(16)23)21-6-1-2-7-21/h5,10-11,13-14H,1-4,6-9H2. The highest BCUT2D eigenvalue weighted by molar-refractivity contribution is 6.01. The second-order valence-corrected chi connectivity index (χ2v) is 6.66. The Kier molecular flexibility index (Phi) is 3.85. The van der Waals surface area contributed by atoms with Gasteiger partial charge in [-0.25, -0.2) is 4.52 Å². The Labute approximate surface area is 141 Å². The zero-order valence-electron chi connectivity index (χ0n) is 13.7. The second kappa shape index (κ2) is 6.16. The number of amides is 1. The number of fused-ring (bicyclic) bond motifs is 1. The van der Waals surface area contributed by atoms with Gasteiger partial charge in [-0.05, 0) is 37.8 Å².